The average molecular weight is 1720 g/mol. The summed E-state index contributed by atoms with van der Waals surface area (Å²) in [5, 5.41) is 0. The van der Waals surface area contributed by atoms with Gasteiger partial charge in [0.15, 0.2) is 0 Å². The topological polar surface area (TPSA) is 25.3 Å². The van der Waals surface area contributed by atoms with E-state index in [0.29, 0.717) is 11.8 Å². The summed E-state index contributed by atoms with van der Waals surface area (Å²) in [4.78, 5) is 0. The molecule has 1 aliphatic heterocycles. The Balaban J connectivity index is 0.00000215. The number of benzene rings is 2. The zero-order valence-corrected chi connectivity index (χ0v) is 84.7. The van der Waals surface area contributed by atoms with Gasteiger partial charge < -0.3 is 19.4 Å². The van der Waals surface area contributed by atoms with E-state index >= 15 is 0 Å². The first-order valence-corrected chi connectivity index (χ1v) is 55.3. The monoisotopic (exact) mass is 1720 g/mol. The van der Waals surface area contributed by atoms with Gasteiger partial charge in [-0.2, -0.15) is 12.8 Å². The molecule has 706 valence electrons. The van der Waals surface area contributed by atoms with Crippen LogP contribution >= 0.6 is 0 Å². The van der Waals surface area contributed by atoms with Crippen molar-refractivity contribution in [2.45, 2.75) is 608 Å². The Labute approximate surface area is 772 Å². The fraction of sp³-hybridized carbons (Fsp3) is 0.814. The molecule has 0 saturated heterocycles. The predicted molar refractivity (Wildman–Crippen MR) is 547 cm³/mol. The van der Waals surface area contributed by atoms with Gasteiger partial charge in [-0.25, -0.2) is 4.70 Å². The summed E-state index contributed by atoms with van der Waals surface area (Å²) in [6, 6.07) is 18.1. The van der Waals surface area contributed by atoms with Gasteiger partial charge in [-0.1, -0.05) is 552 Å². The fourth-order valence-electron chi connectivity index (χ4n) is 18.8. The third kappa shape index (κ3) is 72.0. The number of hydrogen-bond donors (Lipinski definition) is 0. The van der Waals surface area contributed by atoms with Crippen LogP contribution in [0.2, 0.25) is 0 Å². The molecule has 0 N–H and O–H groups in total. The van der Waals surface area contributed by atoms with Gasteiger partial charge in [-0.3, -0.25) is 0 Å². The molecule has 2 nitrogen and oxygen atoms in total. The maximum absolute atomic E-state index is 12.5. The van der Waals surface area contributed by atoms with Crippen molar-refractivity contribution in [2.24, 2.45) is 11.8 Å². The third-order valence-electron chi connectivity index (χ3n) is 26.9. The van der Waals surface area contributed by atoms with Crippen LogP contribution < -0.4 is 0 Å². The number of rotatable bonds is 89. The first-order chi connectivity index (χ1) is 59.3. The van der Waals surface area contributed by atoms with Crippen LogP contribution in [0.5, 0.6) is 0 Å². The first-order valence-electron chi connectivity index (χ1n) is 55.3. The Morgan fingerprint density at radius 3 is 0.769 bits per heavy atom. The first kappa shape index (κ1) is 118. The minimum absolute atomic E-state index is 0. The summed E-state index contributed by atoms with van der Waals surface area (Å²) in [5.74, 6) is 1.22. The zero-order chi connectivity index (χ0) is 86.8. The summed E-state index contributed by atoms with van der Waals surface area (Å²) in [6.07, 6.45) is 125. The molecular formula is C118H214N2Ni. The SMILES string of the molecule is CCCCCCC(=CC(CCCCCC)CCc1ccccc1C1=CC(CCCC)=C(c2ccccc2CCC(C=C(CCCCC)CCCCCC)CCCCCC)[N+]1=[N-])CCCCC.[CH2-]CCCCCCCCCCCCCCCCCCCCCCCCCC.[CH2-]CCCCCCCCCCCCCCCCCCCCCCCCCC.[Ni+2]. The van der Waals surface area contributed by atoms with Crippen LogP contribution in [0.25, 0.3) is 16.9 Å². The van der Waals surface area contributed by atoms with Gasteiger partial charge in [0.1, 0.15) is 0 Å². The van der Waals surface area contributed by atoms with E-state index in [1.54, 1.807) is 15.8 Å². The Hall–Kier alpha value is -2.51. The standard InChI is InChI=1S/C64H104N2.2C27H55.Ni/c1-8-15-22-28-38-54(36-26-19-12-5)51-56(40-30-24-17-10-3)47-49-58-43-32-34-45-61(58)63-53-60(42-21-14-7)64(66(63)65)62-46-35-33-44-59(62)50-48-57(41-31-25-18-11-4)52-55(37-27-20-13-6)39-29-23-16-9-2;2*1-3-5-7-9-11-13-15-17-19-21-23-25-27-26-24-22-20-18-16-14-12-10-8-6-4-2;/h32-35,43-46,51-53,56-57H,8-31,36-42,47-50H2,1-7H3;2*1,3-27H2,2H3;/q;2*-1;+2. The smallest absolute Gasteiger partial charge is 0.493 e. The van der Waals surface area contributed by atoms with Gasteiger partial charge in [-0.05, 0) is 138 Å². The zero-order valence-electron chi connectivity index (χ0n) is 83.7. The van der Waals surface area contributed by atoms with Gasteiger partial charge in [-0.15, -0.1) is 0 Å². The molecule has 2 aromatic rings. The number of nitrogens with zero attached hydrogens (tertiary/aromatic N) is 2. The molecule has 0 bridgehead atoms. The van der Waals surface area contributed by atoms with Crippen molar-refractivity contribution >= 4 is 11.4 Å². The Bertz CT molecular complexity index is 2480. The van der Waals surface area contributed by atoms with Gasteiger partial charge in [0.05, 0.1) is 0 Å². The van der Waals surface area contributed by atoms with E-state index in [-0.39, 0.29) is 16.5 Å². The molecule has 0 aromatic heterocycles. The molecule has 3 heteroatoms. The quantitative estimate of drug-likeness (QED) is 0.0207. The molecule has 0 amide bonds. The number of hydrogen-bond acceptors (Lipinski definition) is 0. The van der Waals surface area contributed by atoms with Crippen LogP contribution in [0.1, 0.15) is 617 Å². The molecule has 3 rings (SSSR count). The minimum Gasteiger partial charge on any atom is -0.493 e. The molecule has 121 heavy (non-hydrogen) atoms. The maximum Gasteiger partial charge on any atom is 2.00 e. The summed E-state index contributed by atoms with van der Waals surface area (Å²) in [5.41, 5.74) is 24.4. The Morgan fingerprint density at radius 1 is 0.264 bits per heavy atom. The predicted octanol–water partition coefficient (Wildman–Crippen LogP) is 42.9. The van der Waals surface area contributed by atoms with Crippen molar-refractivity contribution in [1.82, 2.24) is 0 Å². The van der Waals surface area contributed by atoms with Crippen LogP contribution in [0.3, 0.4) is 0 Å². The van der Waals surface area contributed by atoms with Crippen LogP contribution in [-0.2, 0) is 29.3 Å². The van der Waals surface area contributed by atoms with E-state index in [1.807, 2.05) is 0 Å². The van der Waals surface area contributed by atoms with Crippen molar-refractivity contribution < 1.29 is 21.2 Å². The maximum atomic E-state index is 12.5. The van der Waals surface area contributed by atoms with Crippen molar-refractivity contribution in [3.63, 3.8) is 0 Å². The molecule has 2 aromatic carbocycles. The van der Waals surface area contributed by atoms with Crippen LogP contribution in [0.4, 0.5) is 0 Å². The molecule has 2 atom stereocenters. The second kappa shape index (κ2) is 95.1. The van der Waals surface area contributed by atoms with Gasteiger partial charge in [0.2, 0.25) is 11.4 Å². The molecule has 0 aliphatic carbocycles. The van der Waals surface area contributed by atoms with Gasteiger partial charge >= 0.3 is 16.5 Å². The fourth-order valence-corrected chi connectivity index (χ4v) is 18.8. The van der Waals surface area contributed by atoms with E-state index in [1.165, 1.54) is 529 Å². The summed E-state index contributed by atoms with van der Waals surface area (Å²) >= 11 is 0. The third-order valence-corrected chi connectivity index (χ3v) is 26.9. The van der Waals surface area contributed by atoms with Gasteiger partial charge in [0, 0.05) is 22.8 Å². The molecule has 1 heterocycles. The van der Waals surface area contributed by atoms with E-state index in [2.05, 4.69) is 143 Å². The van der Waals surface area contributed by atoms with Crippen molar-refractivity contribution in [3.05, 3.63) is 125 Å². The summed E-state index contributed by atoms with van der Waals surface area (Å²) in [6.45, 7) is 28.7. The van der Waals surface area contributed by atoms with E-state index in [0.717, 1.165) is 56.3 Å². The molecule has 0 saturated carbocycles. The second-order valence-electron chi connectivity index (χ2n) is 38.6. The molecule has 0 spiro atoms. The molecular weight excluding hydrogens is 1500 g/mol. The van der Waals surface area contributed by atoms with Crippen molar-refractivity contribution in [1.29, 1.82) is 0 Å². The van der Waals surface area contributed by atoms with Crippen molar-refractivity contribution in [2.75, 3.05) is 0 Å². The molecule has 1 aliphatic rings. The van der Waals surface area contributed by atoms with Crippen molar-refractivity contribution in [3.8, 4) is 0 Å². The largest absolute Gasteiger partial charge is 2.00 e. The number of aryl methyl sites for hydroxylation is 2. The minimum atomic E-state index is 0. The normalized spacial score (nSPS) is 12.9. The van der Waals surface area contributed by atoms with E-state index < -0.39 is 0 Å². The summed E-state index contributed by atoms with van der Waals surface area (Å²) < 4.78 is 1.61. The number of allylic oxidation sites excluding steroid dienone is 6. The number of unbranched alkanes of at least 4 members (excludes halogenated alkanes) is 65. The Kier molecular flexibility index (Phi) is 93.1. The average Bonchev–Trinajstić information content (AvgIpc) is 1.63. The Morgan fingerprint density at radius 2 is 0.488 bits per heavy atom. The summed E-state index contributed by atoms with van der Waals surface area (Å²) in [7, 11) is 0. The molecule has 0 fully saturated rings. The van der Waals surface area contributed by atoms with E-state index in [4.69, 9.17) is 0 Å². The van der Waals surface area contributed by atoms with E-state index in [9.17, 15) is 5.53 Å². The molecule has 2 unspecified atom stereocenters. The van der Waals surface area contributed by atoms with Crippen LogP contribution in [0.15, 0.2) is 83.5 Å². The molecule has 0 radical (unpaired) electrons. The van der Waals surface area contributed by atoms with Gasteiger partial charge in [0.25, 0.3) is 0 Å². The van der Waals surface area contributed by atoms with Crippen LogP contribution in [0, 0.1) is 25.7 Å². The van der Waals surface area contributed by atoms with Crippen LogP contribution in [-0.4, -0.2) is 4.70 Å². The second-order valence-corrected chi connectivity index (χ2v) is 38.6.